The van der Waals surface area contributed by atoms with E-state index in [0.717, 1.165) is 25.4 Å². The van der Waals surface area contributed by atoms with Crippen molar-refractivity contribution >= 4 is 23.5 Å². The molecule has 0 bridgehead atoms. The fraction of sp³-hybridized carbons (Fsp3) is 0.409. The van der Waals surface area contributed by atoms with E-state index in [1.54, 1.807) is 13.8 Å². The van der Waals surface area contributed by atoms with E-state index in [1.807, 2.05) is 0 Å². The van der Waals surface area contributed by atoms with Crippen molar-refractivity contribution in [1.82, 2.24) is 9.88 Å². The molecule has 1 aliphatic rings. The zero-order valence-corrected chi connectivity index (χ0v) is 19.3. The van der Waals surface area contributed by atoms with Gasteiger partial charge in [0.15, 0.2) is 17.7 Å². The number of aliphatic hydroxyl groups is 1. The van der Waals surface area contributed by atoms with Crippen LogP contribution in [0.5, 0.6) is 5.75 Å². The molecule has 2 aromatic rings. The summed E-state index contributed by atoms with van der Waals surface area (Å²) in [4.78, 5) is 38.7. The van der Waals surface area contributed by atoms with Gasteiger partial charge in [0.2, 0.25) is 5.43 Å². The minimum absolute atomic E-state index is 0.108. The summed E-state index contributed by atoms with van der Waals surface area (Å²) in [7, 11) is 1.15. The molecule has 1 fully saturated rings. The van der Waals surface area contributed by atoms with Crippen LogP contribution in [-0.4, -0.2) is 47.7 Å². The van der Waals surface area contributed by atoms with Gasteiger partial charge in [0.1, 0.15) is 22.2 Å². The van der Waals surface area contributed by atoms with Crippen molar-refractivity contribution in [2.24, 2.45) is 0 Å². The maximum absolute atomic E-state index is 14.2. The number of amides is 1. The normalized spacial score (nSPS) is 17.6. The van der Waals surface area contributed by atoms with Gasteiger partial charge in [0.05, 0.1) is 25.9 Å². The number of aliphatic hydroxyl groups excluding tert-OH is 1. The van der Waals surface area contributed by atoms with Crippen molar-refractivity contribution in [2.75, 3.05) is 13.7 Å². The molecule has 3 rings (SSSR count). The fourth-order valence-electron chi connectivity index (χ4n) is 3.50. The number of methoxy groups -OCH3 is 1. The number of nitrogens with one attached hydrogen (secondary N) is 1. The molecule has 0 radical (unpaired) electrons. The SMILES string of the molecule is COc1c(C(=O)OC(C)C)n(C2CCO[C@@H]2O)cc(C(=O)NCc2ccc(F)c(Cl)c2F)c1=O. The van der Waals surface area contributed by atoms with Crippen molar-refractivity contribution in [2.45, 2.75) is 45.2 Å². The molecule has 2 N–H and O–H groups in total. The third-order valence-electron chi connectivity index (χ3n) is 5.12. The van der Waals surface area contributed by atoms with Crippen LogP contribution in [0, 0.1) is 11.6 Å². The zero-order valence-electron chi connectivity index (χ0n) is 18.6. The van der Waals surface area contributed by atoms with E-state index in [9.17, 15) is 28.3 Å². The Hall–Kier alpha value is -3.02. The van der Waals surface area contributed by atoms with Crippen LogP contribution >= 0.6 is 11.6 Å². The standard InChI is InChI=1S/C22H23ClF2N2O7/c1-10(2)34-22(31)17-19(32-3)18(28)12(9-27(17)14-6-7-33-21(14)30)20(29)26-8-11-4-5-13(24)15(23)16(11)25/h4-5,9-10,14,21,30H,6-8H2,1-3H3,(H,26,29)/t14?,21-/m0/s1. The number of aromatic nitrogens is 1. The average Bonchev–Trinajstić information content (AvgIpc) is 3.21. The van der Waals surface area contributed by atoms with Crippen LogP contribution in [0.2, 0.25) is 5.02 Å². The first-order chi connectivity index (χ1) is 16.1. The minimum Gasteiger partial charge on any atom is -0.491 e. The summed E-state index contributed by atoms with van der Waals surface area (Å²) >= 11 is 5.56. The van der Waals surface area contributed by atoms with Crippen LogP contribution in [0.4, 0.5) is 8.78 Å². The Kier molecular flexibility index (Phi) is 7.90. The first-order valence-corrected chi connectivity index (χ1v) is 10.7. The Morgan fingerprint density at radius 2 is 2.06 bits per heavy atom. The molecule has 2 heterocycles. The molecule has 0 saturated carbocycles. The Balaban J connectivity index is 2.04. The van der Waals surface area contributed by atoms with E-state index >= 15 is 0 Å². The second-order valence-corrected chi connectivity index (χ2v) is 8.13. The minimum atomic E-state index is -1.32. The lowest BCUT2D eigenvalue weighted by atomic mass is 10.1. The van der Waals surface area contributed by atoms with Crippen molar-refractivity contribution < 1.29 is 37.7 Å². The first-order valence-electron chi connectivity index (χ1n) is 10.3. The van der Waals surface area contributed by atoms with Gasteiger partial charge in [0, 0.05) is 18.3 Å². The lowest BCUT2D eigenvalue weighted by Crippen LogP contribution is -2.34. The van der Waals surface area contributed by atoms with Crippen molar-refractivity contribution in [3.63, 3.8) is 0 Å². The number of esters is 1. The van der Waals surface area contributed by atoms with Crippen LogP contribution in [0.1, 0.15) is 52.7 Å². The van der Waals surface area contributed by atoms with Gasteiger partial charge in [-0.15, -0.1) is 0 Å². The number of rotatable bonds is 7. The molecular weight excluding hydrogens is 478 g/mol. The van der Waals surface area contributed by atoms with Crippen molar-refractivity contribution in [1.29, 1.82) is 0 Å². The average molecular weight is 501 g/mol. The van der Waals surface area contributed by atoms with Crippen LogP contribution in [-0.2, 0) is 16.0 Å². The summed E-state index contributed by atoms with van der Waals surface area (Å²) in [5, 5.41) is 11.9. The lowest BCUT2D eigenvalue weighted by Gasteiger charge is -2.23. The van der Waals surface area contributed by atoms with Gasteiger partial charge in [0.25, 0.3) is 5.91 Å². The number of hydrogen-bond donors (Lipinski definition) is 2. The number of carbonyl (C=O) groups is 2. The number of carbonyl (C=O) groups excluding carboxylic acids is 2. The van der Waals surface area contributed by atoms with Gasteiger partial charge in [-0.05, 0) is 26.3 Å². The molecule has 184 valence electrons. The third kappa shape index (κ3) is 5.06. The van der Waals surface area contributed by atoms with E-state index in [2.05, 4.69) is 5.32 Å². The van der Waals surface area contributed by atoms with Crippen molar-refractivity contribution in [3.05, 3.63) is 62.0 Å². The molecule has 1 aliphatic heterocycles. The maximum atomic E-state index is 14.2. The van der Waals surface area contributed by atoms with Gasteiger partial charge in [-0.25, -0.2) is 13.6 Å². The quantitative estimate of drug-likeness (QED) is 0.443. The second kappa shape index (κ2) is 10.5. The third-order valence-corrected chi connectivity index (χ3v) is 5.47. The van der Waals surface area contributed by atoms with E-state index in [-0.39, 0.29) is 24.3 Å². The van der Waals surface area contributed by atoms with Crippen LogP contribution < -0.4 is 15.5 Å². The maximum Gasteiger partial charge on any atom is 0.359 e. The number of benzene rings is 1. The fourth-order valence-corrected chi connectivity index (χ4v) is 3.69. The Bertz CT molecular complexity index is 1170. The molecular formula is C22H23ClF2N2O7. The van der Waals surface area contributed by atoms with E-state index in [0.29, 0.717) is 0 Å². The van der Waals surface area contributed by atoms with Gasteiger partial charge in [-0.3, -0.25) is 9.59 Å². The molecule has 12 heteroatoms. The predicted octanol–water partition coefficient (Wildman–Crippen LogP) is 2.56. The van der Waals surface area contributed by atoms with Crippen LogP contribution in [0.25, 0.3) is 0 Å². The van der Waals surface area contributed by atoms with Gasteiger partial charge >= 0.3 is 5.97 Å². The van der Waals surface area contributed by atoms with Crippen LogP contribution in [0.3, 0.4) is 0 Å². The molecule has 1 saturated heterocycles. The lowest BCUT2D eigenvalue weighted by molar-refractivity contribution is -0.0790. The number of halogens is 3. The second-order valence-electron chi connectivity index (χ2n) is 7.75. The van der Waals surface area contributed by atoms with Crippen molar-refractivity contribution in [3.8, 4) is 5.75 Å². The van der Waals surface area contributed by atoms with Gasteiger partial charge < -0.3 is 29.2 Å². The highest BCUT2D eigenvalue weighted by Crippen LogP contribution is 2.29. The molecule has 0 aliphatic carbocycles. The summed E-state index contributed by atoms with van der Waals surface area (Å²) < 4.78 is 44.3. The topological polar surface area (TPSA) is 116 Å². The highest BCUT2D eigenvalue weighted by molar-refractivity contribution is 6.30. The molecule has 34 heavy (non-hydrogen) atoms. The Labute approximate surface area is 198 Å². The summed E-state index contributed by atoms with van der Waals surface area (Å²) in [6, 6.07) is 1.23. The molecule has 1 amide bonds. The summed E-state index contributed by atoms with van der Waals surface area (Å²) in [5.74, 6) is -4.28. The summed E-state index contributed by atoms with van der Waals surface area (Å²) in [5.41, 5.74) is -1.75. The summed E-state index contributed by atoms with van der Waals surface area (Å²) in [6.45, 7) is 3.00. The summed E-state index contributed by atoms with van der Waals surface area (Å²) in [6.07, 6.45) is -0.474. The molecule has 0 spiro atoms. The highest BCUT2D eigenvalue weighted by atomic mass is 35.5. The largest absolute Gasteiger partial charge is 0.491 e. The first kappa shape index (κ1) is 25.6. The number of nitrogens with zero attached hydrogens (tertiary/aromatic N) is 1. The predicted molar refractivity (Wildman–Crippen MR) is 116 cm³/mol. The van der Waals surface area contributed by atoms with E-state index in [4.69, 9.17) is 25.8 Å². The monoisotopic (exact) mass is 500 g/mol. The molecule has 1 aromatic carbocycles. The van der Waals surface area contributed by atoms with E-state index in [1.165, 1.54) is 4.57 Å². The molecule has 2 atom stereocenters. The Morgan fingerprint density at radius 3 is 2.65 bits per heavy atom. The number of ether oxygens (including phenoxy) is 3. The molecule has 9 nitrogen and oxygen atoms in total. The molecule has 1 aromatic heterocycles. The zero-order chi connectivity index (χ0) is 25.2. The smallest absolute Gasteiger partial charge is 0.359 e. The van der Waals surface area contributed by atoms with Crippen LogP contribution in [0.15, 0.2) is 23.1 Å². The van der Waals surface area contributed by atoms with E-state index < -0.39 is 70.3 Å². The van der Waals surface area contributed by atoms with Gasteiger partial charge in [-0.2, -0.15) is 0 Å². The highest BCUT2D eigenvalue weighted by Gasteiger charge is 2.35. The molecule has 1 unspecified atom stereocenters. The number of pyridine rings is 1. The Morgan fingerprint density at radius 1 is 1.35 bits per heavy atom. The number of hydrogen-bond acceptors (Lipinski definition) is 7. The van der Waals surface area contributed by atoms with Gasteiger partial charge in [-0.1, -0.05) is 17.7 Å².